The molecule has 0 aliphatic heterocycles. The van der Waals surface area contributed by atoms with Crippen molar-refractivity contribution < 1.29 is 31.4 Å². The largest absolute Gasteiger partial charge is 0.500 e. The molecular formula is C23H52N2O7Si2. The lowest BCUT2D eigenvalue weighted by molar-refractivity contribution is 0.0710. The lowest BCUT2D eigenvalue weighted by atomic mass is 10.1. The number of isocyanates is 1. The van der Waals surface area contributed by atoms with Gasteiger partial charge in [0.05, 0.1) is 6.54 Å². The van der Waals surface area contributed by atoms with Crippen molar-refractivity contribution in [3.63, 3.8) is 0 Å². The maximum atomic E-state index is 9.93. The van der Waals surface area contributed by atoms with Crippen LogP contribution in [-0.4, -0.2) is 77.9 Å². The minimum atomic E-state index is -2.54. The van der Waals surface area contributed by atoms with Crippen LogP contribution in [0.25, 0.3) is 0 Å². The second-order valence-corrected chi connectivity index (χ2v) is 13.5. The van der Waals surface area contributed by atoms with E-state index in [0.717, 1.165) is 25.4 Å². The molecule has 9 nitrogen and oxygen atoms in total. The summed E-state index contributed by atoms with van der Waals surface area (Å²) >= 11 is 0. The Balaban J connectivity index is 0. The van der Waals surface area contributed by atoms with Crippen LogP contribution in [-0.2, 0) is 31.4 Å². The predicted octanol–water partition coefficient (Wildman–Crippen LogP) is 4.70. The van der Waals surface area contributed by atoms with E-state index in [1.165, 1.54) is 51.0 Å². The Hall–Kier alpha value is -0.466. The molecular weight excluding hydrogens is 472 g/mol. The second kappa shape index (κ2) is 25.6. The normalized spacial score (nSPS) is 11.6. The monoisotopic (exact) mass is 524 g/mol. The highest BCUT2D eigenvalue weighted by Gasteiger charge is 2.39. The van der Waals surface area contributed by atoms with Gasteiger partial charge in [-0.2, -0.15) is 0 Å². The minimum absolute atomic E-state index is 0.450. The molecule has 0 heterocycles. The quantitative estimate of drug-likeness (QED) is 0.0886. The van der Waals surface area contributed by atoms with E-state index in [-0.39, 0.29) is 0 Å². The Morgan fingerprint density at radius 1 is 0.647 bits per heavy atom. The van der Waals surface area contributed by atoms with Gasteiger partial charge in [-0.15, -0.1) is 0 Å². The zero-order chi connectivity index (χ0) is 26.0. The molecule has 0 aromatic rings. The third-order valence-electron chi connectivity index (χ3n) is 5.28. The smallest absolute Gasteiger partial charge is 0.377 e. The van der Waals surface area contributed by atoms with E-state index in [2.05, 4.69) is 4.99 Å². The Labute approximate surface area is 210 Å². The minimum Gasteiger partial charge on any atom is -0.377 e. The van der Waals surface area contributed by atoms with Crippen molar-refractivity contribution in [1.29, 1.82) is 0 Å². The number of carbonyl (C=O) groups excluding carboxylic acids is 1. The lowest BCUT2D eigenvalue weighted by Gasteiger charge is -2.28. The van der Waals surface area contributed by atoms with Gasteiger partial charge in [0.15, 0.2) is 0 Å². The molecule has 2 N–H and O–H groups in total. The summed E-state index contributed by atoms with van der Waals surface area (Å²) in [4.78, 5) is 13.4. The zero-order valence-corrected chi connectivity index (χ0v) is 24.7. The molecule has 0 saturated carbocycles. The second-order valence-electron chi connectivity index (χ2n) is 7.72. The molecule has 34 heavy (non-hydrogen) atoms. The van der Waals surface area contributed by atoms with E-state index in [9.17, 15) is 4.79 Å². The molecule has 0 aromatic carbocycles. The molecule has 0 atom stereocenters. The van der Waals surface area contributed by atoms with Crippen molar-refractivity contribution in [1.82, 2.24) is 0 Å². The third-order valence-corrected chi connectivity index (χ3v) is 11.3. The Morgan fingerprint density at radius 2 is 1.06 bits per heavy atom. The summed E-state index contributed by atoms with van der Waals surface area (Å²) < 4.78 is 33.1. The number of nitrogens with two attached hydrogens (primary N) is 1. The van der Waals surface area contributed by atoms with Gasteiger partial charge in [-0.1, -0.05) is 38.5 Å². The maximum Gasteiger partial charge on any atom is 0.500 e. The van der Waals surface area contributed by atoms with Crippen LogP contribution in [0.1, 0.15) is 78.6 Å². The highest BCUT2D eigenvalue weighted by Crippen LogP contribution is 2.19. The van der Waals surface area contributed by atoms with Gasteiger partial charge in [0, 0.05) is 53.2 Å². The van der Waals surface area contributed by atoms with Gasteiger partial charge in [-0.25, -0.2) is 9.79 Å². The fraction of sp³-hybridized carbons (Fsp3) is 0.957. The van der Waals surface area contributed by atoms with Crippen LogP contribution in [0.3, 0.4) is 0 Å². The van der Waals surface area contributed by atoms with Gasteiger partial charge in [0.25, 0.3) is 0 Å². The van der Waals surface area contributed by atoms with Crippen LogP contribution >= 0.6 is 0 Å². The summed E-state index contributed by atoms with van der Waals surface area (Å²) in [7, 11) is 0.179. The molecule has 0 rings (SSSR count). The van der Waals surface area contributed by atoms with Gasteiger partial charge in [0.1, 0.15) is 0 Å². The molecule has 0 bridgehead atoms. The molecule has 0 aliphatic carbocycles. The van der Waals surface area contributed by atoms with E-state index < -0.39 is 17.6 Å². The molecule has 0 spiro atoms. The number of unbranched alkanes of at least 4 members (excludes halogenated alkanes) is 7. The summed E-state index contributed by atoms with van der Waals surface area (Å²) in [5.41, 5.74) is 5.46. The first kappa shape index (κ1) is 35.7. The van der Waals surface area contributed by atoms with E-state index in [4.69, 9.17) is 32.3 Å². The summed E-state index contributed by atoms with van der Waals surface area (Å²) in [5.74, 6) is 0. The summed E-state index contributed by atoms with van der Waals surface area (Å²) in [6.45, 7) is 8.76. The highest BCUT2D eigenvalue weighted by atomic mass is 28.4. The molecule has 0 radical (unpaired) electrons. The first-order valence-electron chi connectivity index (χ1n) is 12.8. The van der Waals surface area contributed by atoms with Crippen molar-refractivity contribution in [2.45, 2.75) is 90.6 Å². The van der Waals surface area contributed by atoms with E-state index in [1.54, 1.807) is 21.3 Å². The number of rotatable bonds is 23. The van der Waals surface area contributed by atoms with Crippen LogP contribution in [0, 0.1) is 0 Å². The van der Waals surface area contributed by atoms with Crippen LogP contribution in [0.2, 0.25) is 12.1 Å². The van der Waals surface area contributed by atoms with Crippen LogP contribution in [0.15, 0.2) is 4.99 Å². The van der Waals surface area contributed by atoms with Gasteiger partial charge in [-0.05, 0) is 46.6 Å². The number of nitrogens with zero attached hydrogens (tertiary/aromatic N) is 1. The number of hydrogen-bond donors (Lipinski definition) is 1. The highest BCUT2D eigenvalue weighted by molar-refractivity contribution is 6.61. The van der Waals surface area contributed by atoms with Gasteiger partial charge in [0.2, 0.25) is 6.08 Å². The van der Waals surface area contributed by atoms with Crippen LogP contribution < -0.4 is 5.73 Å². The molecule has 0 aromatic heterocycles. The molecule has 0 unspecified atom stereocenters. The number of hydrogen-bond acceptors (Lipinski definition) is 9. The topological polar surface area (TPSA) is 111 Å². The van der Waals surface area contributed by atoms with Crippen molar-refractivity contribution in [2.24, 2.45) is 10.7 Å². The standard InChI is InChI=1S/C13H31NO3Si.C10H21NO4Si/c1-15-18(16-2,17-3)13-11-9-7-5-4-6-8-10-12-14;1-4-13-16(14-5-2,15-6-3)9-7-8-11-10-12/h4-14H2,1-3H3;4-9H2,1-3H3. The summed E-state index contributed by atoms with van der Waals surface area (Å²) in [6, 6.07) is 1.61. The SMILES string of the molecule is CCO[Si](CCCN=C=O)(OCC)OCC.CO[Si](CCCCCCCCCCN)(OC)OC. The van der Waals surface area contributed by atoms with Gasteiger partial charge >= 0.3 is 17.6 Å². The Morgan fingerprint density at radius 3 is 1.44 bits per heavy atom. The molecule has 0 amide bonds. The van der Waals surface area contributed by atoms with Crippen LogP contribution in [0.5, 0.6) is 0 Å². The fourth-order valence-electron chi connectivity index (χ4n) is 3.52. The molecule has 0 aliphatic rings. The van der Waals surface area contributed by atoms with Gasteiger partial charge in [-0.3, -0.25) is 0 Å². The number of aliphatic imine (C=N–C) groups is 1. The van der Waals surface area contributed by atoms with Crippen molar-refractivity contribution in [3.8, 4) is 0 Å². The average molecular weight is 525 g/mol. The Kier molecular flexibility index (Phi) is 26.9. The molecule has 204 valence electrons. The fourth-order valence-corrected chi connectivity index (χ4v) is 7.91. The summed E-state index contributed by atoms with van der Waals surface area (Å²) in [6.07, 6.45) is 12.3. The summed E-state index contributed by atoms with van der Waals surface area (Å²) in [5, 5.41) is 0. The predicted molar refractivity (Wildman–Crippen MR) is 141 cm³/mol. The molecule has 11 heteroatoms. The van der Waals surface area contributed by atoms with E-state index >= 15 is 0 Å². The Bertz CT molecular complexity index is 455. The molecule has 0 saturated heterocycles. The van der Waals surface area contributed by atoms with E-state index in [0.29, 0.717) is 32.4 Å². The zero-order valence-electron chi connectivity index (χ0n) is 22.7. The third kappa shape index (κ3) is 18.8. The molecule has 0 fully saturated rings. The van der Waals surface area contributed by atoms with E-state index in [1.807, 2.05) is 20.8 Å². The first-order valence-corrected chi connectivity index (χ1v) is 16.7. The first-order chi connectivity index (χ1) is 16.5. The van der Waals surface area contributed by atoms with Crippen LogP contribution in [0.4, 0.5) is 0 Å². The average Bonchev–Trinajstić information content (AvgIpc) is 2.85. The van der Waals surface area contributed by atoms with Gasteiger partial charge < -0.3 is 32.3 Å². The lowest BCUT2D eigenvalue weighted by Crippen LogP contribution is -2.46. The van der Waals surface area contributed by atoms with Crippen molar-refractivity contribution >= 4 is 23.7 Å². The van der Waals surface area contributed by atoms with Crippen molar-refractivity contribution in [3.05, 3.63) is 0 Å². The maximum absolute atomic E-state index is 9.93. The van der Waals surface area contributed by atoms with Crippen molar-refractivity contribution in [2.75, 3.05) is 54.2 Å².